The summed E-state index contributed by atoms with van der Waals surface area (Å²) in [5.74, 6) is 0.0151. The number of carbonyl (C=O) groups is 2. The number of nitrogens with zero attached hydrogens (tertiary/aromatic N) is 1. The number of likely N-dealkylation sites (tertiary alicyclic amines) is 1. The normalized spacial score (nSPS) is 22.2. The van der Waals surface area contributed by atoms with Crippen LogP contribution in [0.5, 0.6) is 5.75 Å². The summed E-state index contributed by atoms with van der Waals surface area (Å²) in [6, 6.07) is 5.97. The minimum Gasteiger partial charge on any atom is -0.465 e. The Morgan fingerprint density at radius 1 is 1.21 bits per heavy atom. The minimum absolute atomic E-state index is 0.0194. The Hall–Kier alpha value is -2.17. The van der Waals surface area contributed by atoms with Crippen molar-refractivity contribution >= 4 is 22.1 Å². The predicted octanol–water partition coefficient (Wildman–Crippen LogP) is 1.88. The van der Waals surface area contributed by atoms with Crippen molar-refractivity contribution in [2.75, 3.05) is 33.2 Å². The molecule has 1 aromatic rings. The number of methoxy groups -OCH3 is 1. The third kappa shape index (κ3) is 6.69. The number of amides is 1. The van der Waals surface area contributed by atoms with Gasteiger partial charge in [0, 0.05) is 6.42 Å². The topological polar surface area (TPSA) is 108 Å². The molecule has 1 amide bonds. The minimum atomic E-state index is -3.40. The van der Waals surface area contributed by atoms with Crippen LogP contribution >= 0.6 is 0 Å². The van der Waals surface area contributed by atoms with E-state index in [1.165, 1.54) is 7.11 Å². The van der Waals surface area contributed by atoms with Gasteiger partial charge < -0.3 is 14.2 Å². The quantitative estimate of drug-likeness (QED) is 0.543. The molecule has 0 saturated carbocycles. The van der Waals surface area contributed by atoms with E-state index in [1.807, 2.05) is 0 Å². The van der Waals surface area contributed by atoms with Gasteiger partial charge in [0.1, 0.15) is 17.9 Å². The largest absolute Gasteiger partial charge is 0.519 e. The van der Waals surface area contributed by atoms with Crippen LogP contribution in [-0.4, -0.2) is 69.8 Å². The fourth-order valence-corrected chi connectivity index (χ4v) is 3.90. The molecule has 1 heterocycles. The van der Waals surface area contributed by atoms with E-state index < -0.39 is 27.7 Å². The summed E-state index contributed by atoms with van der Waals surface area (Å²) < 4.78 is 41.6. The summed E-state index contributed by atoms with van der Waals surface area (Å²) in [6.07, 6.45) is 1.10. The van der Waals surface area contributed by atoms with Crippen molar-refractivity contribution in [3.63, 3.8) is 0 Å². The average Bonchev–Trinajstić information content (AvgIpc) is 3.01. The van der Waals surface area contributed by atoms with Gasteiger partial charge in [0.2, 0.25) is 16.8 Å². The number of nitrogens with one attached hydrogen (secondary N) is 1. The van der Waals surface area contributed by atoms with Crippen molar-refractivity contribution in [3.05, 3.63) is 29.8 Å². The van der Waals surface area contributed by atoms with Gasteiger partial charge in [-0.1, -0.05) is 0 Å². The molecule has 0 aliphatic carbocycles. The molecule has 10 heteroatoms. The van der Waals surface area contributed by atoms with Gasteiger partial charge in [-0.25, -0.2) is 17.9 Å². The van der Waals surface area contributed by atoms with Crippen molar-refractivity contribution in [2.45, 2.75) is 38.8 Å². The molecule has 1 fully saturated rings. The zero-order chi connectivity index (χ0) is 21.9. The van der Waals surface area contributed by atoms with Gasteiger partial charge in [0.05, 0.1) is 31.5 Å². The highest BCUT2D eigenvalue weighted by Gasteiger charge is 2.49. The van der Waals surface area contributed by atoms with Crippen molar-refractivity contribution in [2.24, 2.45) is 0 Å². The second kappa shape index (κ2) is 8.68. The molecule has 29 heavy (non-hydrogen) atoms. The second-order valence-electron chi connectivity index (χ2n) is 8.20. The number of ether oxygens (including phenoxy) is 3. The van der Waals surface area contributed by atoms with E-state index in [0.29, 0.717) is 24.3 Å². The monoisotopic (exact) mass is 429 g/mol. The van der Waals surface area contributed by atoms with Gasteiger partial charge in [0.25, 0.3) is 0 Å². The van der Waals surface area contributed by atoms with Crippen LogP contribution in [0.3, 0.4) is 0 Å². The SMILES string of the molecule is COC(=O)c1ccc(OC[N+]2(C(=O)OC(C)(C)C)CCC(NS(C)(=O)=O)C2)cc1. The molecule has 0 spiro atoms. The number of esters is 1. The molecule has 1 aliphatic heterocycles. The highest BCUT2D eigenvalue weighted by molar-refractivity contribution is 7.88. The molecule has 162 valence electrons. The van der Waals surface area contributed by atoms with Gasteiger partial charge in [-0.05, 0) is 45.0 Å². The van der Waals surface area contributed by atoms with Crippen LogP contribution in [0.15, 0.2) is 24.3 Å². The Morgan fingerprint density at radius 2 is 1.83 bits per heavy atom. The number of hydrogen-bond acceptors (Lipinski definition) is 7. The Morgan fingerprint density at radius 3 is 2.34 bits per heavy atom. The Bertz CT molecular complexity index is 846. The van der Waals surface area contributed by atoms with Gasteiger partial charge in [-0.2, -0.15) is 9.28 Å². The van der Waals surface area contributed by atoms with E-state index in [-0.39, 0.29) is 23.8 Å². The number of quaternary nitrogens is 1. The Kier molecular flexibility index (Phi) is 6.92. The maximum Gasteiger partial charge on any atom is 0.519 e. The van der Waals surface area contributed by atoms with Crippen LogP contribution in [0.1, 0.15) is 37.6 Å². The lowest BCUT2D eigenvalue weighted by Gasteiger charge is -2.32. The third-order valence-electron chi connectivity index (χ3n) is 4.39. The van der Waals surface area contributed by atoms with Crippen molar-refractivity contribution in [1.82, 2.24) is 4.72 Å². The van der Waals surface area contributed by atoms with E-state index in [0.717, 1.165) is 6.26 Å². The van der Waals surface area contributed by atoms with Crippen molar-refractivity contribution in [3.8, 4) is 5.75 Å². The smallest absolute Gasteiger partial charge is 0.465 e. The fraction of sp³-hybridized carbons (Fsp3) is 0.579. The third-order valence-corrected chi connectivity index (χ3v) is 5.15. The summed E-state index contributed by atoms with van der Waals surface area (Å²) in [7, 11) is -2.10. The Labute approximate surface area is 171 Å². The molecule has 1 N–H and O–H groups in total. The zero-order valence-electron chi connectivity index (χ0n) is 17.4. The molecule has 2 atom stereocenters. The number of rotatable bonds is 6. The first kappa shape index (κ1) is 23.1. The fourth-order valence-electron chi connectivity index (χ4n) is 3.10. The first-order valence-corrected chi connectivity index (χ1v) is 11.1. The van der Waals surface area contributed by atoms with E-state index in [4.69, 9.17) is 9.47 Å². The van der Waals surface area contributed by atoms with Crippen LogP contribution in [0, 0.1) is 0 Å². The van der Waals surface area contributed by atoms with E-state index >= 15 is 0 Å². The van der Waals surface area contributed by atoms with E-state index in [2.05, 4.69) is 9.46 Å². The van der Waals surface area contributed by atoms with Crippen LogP contribution in [0.2, 0.25) is 0 Å². The Balaban J connectivity index is 2.16. The highest BCUT2D eigenvalue weighted by atomic mass is 32.2. The number of carbonyl (C=O) groups excluding carboxylic acids is 2. The molecule has 9 nitrogen and oxygen atoms in total. The molecule has 2 unspecified atom stereocenters. The lowest BCUT2D eigenvalue weighted by molar-refractivity contribution is -0.862. The second-order valence-corrected chi connectivity index (χ2v) is 9.98. The van der Waals surface area contributed by atoms with Crippen LogP contribution in [0.4, 0.5) is 4.79 Å². The maximum absolute atomic E-state index is 12.9. The molecule has 1 aliphatic rings. The number of sulfonamides is 1. The summed E-state index contributed by atoms with van der Waals surface area (Å²) in [5, 5.41) is 0. The first-order chi connectivity index (χ1) is 13.3. The highest BCUT2D eigenvalue weighted by Crippen LogP contribution is 2.26. The zero-order valence-corrected chi connectivity index (χ0v) is 18.2. The molecule has 0 bridgehead atoms. The molecule has 0 aromatic heterocycles. The summed E-state index contributed by atoms with van der Waals surface area (Å²) >= 11 is 0. The summed E-state index contributed by atoms with van der Waals surface area (Å²) in [4.78, 5) is 24.5. The van der Waals surface area contributed by atoms with Crippen LogP contribution in [0.25, 0.3) is 0 Å². The molecule has 1 aromatic carbocycles. The van der Waals surface area contributed by atoms with Crippen molar-refractivity contribution < 1.29 is 36.7 Å². The standard InChI is InChI=1S/C19H29N2O7S/c1-19(2,3)28-18(23)21(11-10-15(12-21)20-29(5,24)25)13-27-16-8-6-14(7-9-16)17(22)26-4/h6-9,15,20H,10-13H2,1-5H3/q+1. The van der Waals surface area contributed by atoms with Crippen LogP contribution in [-0.2, 0) is 19.5 Å². The average molecular weight is 430 g/mol. The molecule has 1 saturated heterocycles. The predicted molar refractivity (Wildman–Crippen MR) is 106 cm³/mol. The lowest BCUT2D eigenvalue weighted by atomic mass is 10.2. The number of benzene rings is 1. The van der Waals surface area contributed by atoms with Crippen LogP contribution < -0.4 is 9.46 Å². The summed E-state index contributed by atoms with van der Waals surface area (Å²) in [6.45, 7) is 5.90. The molecular weight excluding hydrogens is 400 g/mol. The van der Waals surface area contributed by atoms with Gasteiger partial charge >= 0.3 is 12.1 Å². The lowest BCUT2D eigenvalue weighted by Crippen LogP contribution is -2.56. The van der Waals surface area contributed by atoms with E-state index in [9.17, 15) is 18.0 Å². The molecule has 2 rings (SSSR count). The number of hydrogen-bond donors (Lipinski definition) is 1. The van der Waals surface area contributed by atoms with Gasteiger partial charge in [0.15, 0.2) is 0 Å². The maximum atomic E-state index is 12.9. The van der Waals surface area contributed by atoms with Gasteiger partial charge in [-0.3, -0.25) is 0 Å². The molecular formula is C19H29N2O7S+. The first-order valence-electron chi connectivity index (χ1n) is 9.22. The van der Waals surface area contributed by atoms with Crippen molar-refractivity contribution in [1.29, 1.82) is 0 Å². The summed E-state index contributed by atoms with van der Waals surface area (Å²) in [5.41, 5.74) is -0.304. The van der Waals surface area contributed by atoms with Gasteiger partial charge in [-0.15, -0.1) is 0 Å². The molecule has 0 radical (unpaired) electrons. The van der Waals surface area contributed by atoms with E-state index in [1.54, 1.807) is 45.0 Å².